The van der Waals surface area contributed by atoms with Gasteiger partial charge in [0.15, 0.2) is 5.56 Å². The highest BCUT2D eigenvalue weighted by atomic mass is 16.5. The standard InChI is InChI=1S/C26H33NO4/c28-26(31-22-13-2-1-3-14-22)24-23-15-16-27-25(24)30-18-7-5-10-21-12-8-11-20(19-21)9-4-6-17-29-23/h8,11-12,15-16,19,22H,1-7,9-10,13-14,17-18H2. The second kappa shape index (κ2) is 11.2. The Balaban J connectivity index is 1.48. The van der Waals surface area contributed by atoms with Crippen molar-refractivity contribution in [2.45, 2.75) is 76.7 Å². The summed E-state index contributed by atoms with van der Waals surface area (Å²) in [4.78, 5) is 17.4. The second-order valence-corrected chi connectivity index (χ2v) is 8.59. The number of hydrogen-bond acceptors (Lipinski definition) is 5. The molecule has 166 valence electrons. The van der Waals surface area contributed by atoms with E-state index in [1.165, 1.54) is 17.5 Å². The van der Waals surface area contributed by atoms with Crippen LogP contribution in [0.1, 0.15) is 79.3 Å². The van der Waals surface area contributed by atoms with Crippen LogP contribution in [0, 0.1) is 0 Å². The predicted molar refractivity (Wildman–Crippen MR) is 120 cm³/mol. The van der Waals surface area contributed by atoms with Crippen LogP contribution in [0.4, 0.5) is 0 Å². The van der Waals surface area contributed by atoms with E-state index in [9.17, 15) is 4.79 Å². The van der Waals surface area contributed by atoms with Crippen LogP contribution < -0.4 is 9.47 Å². The average Bonchev–Trinajstić information content (AvgIpc) is 2.79. The van der Waals surface area contributed by atoms with Gasteiger partial charge >= 0.3 is 5.97 Å². The van der Waals surface area contributed by atoms with Gasteiger partial charge in [0.05, 0.1) is 13.2 Å². The van der Waals surface area contributed by atoms with Crippen molar-refractivity contribution in [2.24, 2.45) is 0 Å². The SMILES string of the molecule is O=C(OC1CCCCC1)c1c2ccnc1OCCCCc1cccc(c1)CCCCO2. The van der Waals surface area contributed by atoms with Gasteiger partial charge in [-0.3, -0.25) is 0 Å². The van der Waals surface area contributed by atoms with E-state index in [1.807, 2.05) is 0 Å². The summed E-state index contributed by atoms with van der Waals surface area (Å²) < 4.78 is 17.8. The van der Waals surface area contributed by atoms with E-state index in [1.54, 1.807) is 12.3 Å². The van der Waals surface area contributed by atoms with Gasteiger partial charge in [0.25, 0.3) is 0 Å². The quantitative estimate of drug-likeness (QED) is 0.581. The Labute approximate surface area is 185 Å². The fourth-order valence-electron chi connectivity index (χ4n) is 4.39. The van der Waals surface area contributed by atoms with Crippen LogP contribution in [0.15, 0.2) is 36.5 Å². The summed E-state index contributed by atoms with van der Waals surface area (Å²) in [7, 11) is 0. The molecule has 1 aromatic heterocycles. The minimum absolute atomic E-state index is 0.0194. The Bertz CT molecular complexity index is 813. The highest BCUT2D eigenvalue weighted by molar-refractivity contribution is 5.95. The number of aromatic nitrogens is 1. The molecule has 0 unspecified atom stereocenters. The third kappa shape index (κ3) is 6.22. The van der Waals surface area contributed by atoms with Crippen LogP contribution >= 0.6 is 0 Å². The van der Waals surface area contributed by atoms with Crippen molar-refractivity contribution in [2.75, 3.05) is 13.2 Å². The average molecular weight is 424 g/mol. The molecular formula is C26H33NO4. The van der Waals surface area contributed by atoms with Crippen molar-refractivity contribution in [3.05, 3.63) is 53.2 Å². The molecule has 4 rings (SSSR count). The molecule has 0 N–H and O–H groups in total. The van der Waals surface area contributed by atoms with Crippen LogP contribution in [0.3, 0.4) is 0 Å². The number of esters is 1. The first-order chi connectivity index (χ1) is 15.3. The normalized spacial score (nSPS) is 18.5. The van der Waals surface area contributed by atoms with E-state index < -0.39 is 0 Å². The van der Waals surface area contributed by atoms with Gasteiger partial charge in [-0.1, -0.05) is 30.7 Å². The van der Waals surface area contributed by atoms with E-state index in [4.69, 9.17) is 14.2 Å². The fourth-order valence-corrected chi connectivity index (χ4v) is 4.39. The van der Waals surface area contributed by atoms with Crippen molar-refractivity contribution >= 4 is 5.97 Å². The maximum Gasteiger partial charge on any atom is 0.347 e. The number of benzene rings is 1. The molecule has 0 spiro atoms. The molecule has 4 bridgehead atoms. The van der Waals surface area contributed by atoms with E-state index in [0.29, 0.717) is 30.4 Å². The Hall–Kier alpha value is -2.56. The largest absolute Gasteiger partial charge is 0.492 e. The molecule has 2 aromatic rings. The van der Waals surface area contributed by atoms with Gasteiger partial charge in [0.2, 0.25) is 5.88 Å². The number of nitrogens with zero attached hydrogens (tertiary/aromatic N) is 1. The highest BCUT2D eigenvalue weighted by Gasteiger charge is 2.26. The molecule has 1 aromatic carbocycles. The third-order valence-electron chi connectivity index (χ3n) is 6.12. The van der Waals surface area contributed by atoms with Crippen molar-refractivity contribution < 1.29 is 19.0 Å². The van der Waals surface area contributed by atoms with Crippen molar-refractivity contribution in [1.29, 1.82) is 0 Å². The number of ether oxygens (including phenoxy) is 3. The zero-order valence-electron chi connectivity index (χ0n) is 18.3. The summed E-state index contributed by atoms with van der Waals surface area (Å²) in [5.74, 6) is 0.466. The van der Waals surface area contributed by atoms with Crippen LogP contribution in [0.25, 0.3) is 0 Å². The molecule has 5 nitrogen and oxygen atoms in total. The van der Waals surface area contributed by atoms with E-state index in [2.05, 4.69) is 29.2 Å². The van der Waals surface area contributed by atoms with Gasteiger partial charge in [-0.15, -0.1) is 0 Å². The van der Waals surface area contributed by atoms with Crippen LogP contribution in [0.5, 0.6) is 11.6 Å². The monoisotopic (exact) mass is 423 g/mol. The Morgan fingerprint density at radius 1 is 0.871 bits per heavy atom. The van der Waals surface area contributed by atoms with Gasteiger partial charge in [-0.25, -0.2) is 9.78 Å². The lowest BCUT2D eigenvalue weighted by atomic mass is 9.98. The van der Waals surface area contributed by atoms with Crippen LogP contribution in [0.2, 0.25) is 0 Å². The molecule has 1 aliphatic heterocycles. The lowest BCUT2D eigenvalue weighted by molar-refractivity contribution is 0.0201. The summed E-state index contributed by atoms with van der Waals surface area (Å²) in [6.45, 7) is 1.06. The Morgan fingerprint density at radius 2 is 1.58 bits per heavy atom. The summed E-state index contributed by atoms with van der Waals surface area (Å²) >= 11 is 0. The molecule has 2 heterocycles. The molecule has 1 aliphatic carbocycles. The summed E-state index contributed by atoms with van der Waals surface area (Å²) in [6, 6.07) is 10.6. The number of aryl methyl sites for hydroxylation is 2. The molecule has 0 radical (unpaired) electrons. The maximum atomic E-state index is 13.1. The lowest BCUT2D eigenvalue weighted by Crippen LogP contribution is -2.22. The molecule has 2 aliphatic rings. The van der Waals surface area contributed by atoms with Gasteiger partial charge in [-0.2, -0.15) is 0 Å². The second-order valence-electron chi connectivity index (χ2n) is 8.59. The number of fused-ring (bicyclic) bond motifs is 4. The fraction of sp³-hybridized carbons (Fsp3) is 0.538. The van der Waals surface area contributed by atoms with E-state index >= 15 is 0 Å². The molecule has 0 amide bonds. The predicted octanol–water partition coefficient (Wildman–Crippen LogP) is 5.69. The first-order valence-corrected chi connectivity index (χ1v) is 11.8. The number of carbonyl (C=O) groups excluding carboxylic acids is 1. The topological polar surface area (TPSA) is 57.7 Å². The zero-order chi connectivity index (χ0) is 21.3. The maximum absolute atomic E-state index is 13.1. The smallest absolute Gasteiger partial charge is 0.347 e. The van der Waals surface area contributed by atoms with Crippen molar-refractivity contribution in [3.63, 3.8) is 0 Å². The Kier molecular flexibility index (Phi) is 7.81. The first-order valence-electron chi connectivity index (χ1n) is 11.8. The molecule has 31 heavy (non-hydrogen) atoms. The summed E-state index contributed by atoms with van der Waals surface area (Å²) in [5.41, 5.74) is 3.09. The molecular weight excluding hydrogens is 390 g/mol. The van der Waals surface area contributed by atoms with Gasteiger partial charge in [0, 0.05) is 6.20 Å². The molecule has 0 saturated heterocycles. The number of pyridine rings is 1. The van der Waals surface area contributed by atoms with E-state index in [0.717, 1.165) is 64.2 Å². The van der Waals surface area contributed by atoms with Gasteiger partial charge in [0.1, 0.15) is 11.9 Å². The summed E-state index contributed by atoms with van der Waals surface area (Å²) in [5, 5.41) is 0. The third-order valence-corrected chi connectivity index (χ3v) is 6.12. The van der Waals surface area contributed by atoms with Crippen molar-refractivity contribution in [3.8, 4) is 11.6 Å². The number of rotatable bonds is 2. The number of hydrogen-bond donors (Lipinski definition) is 0. The summed E-state index contributed by atoms with van der Waals surface area (Å²) in [6.07, 6.45) is 12.9. The molecule has 0 atom stereocenters. The van der Waals surface area contributed by atoms with Gasteiger partial charge in [-0.05, 0) is 81.4 Å². The first kappa shape index (κ1) is 21.7. The minimum Gasteiger partial charge on any atom is -0.492 e. The Morgan fingerprint density at radius 3 is 2.32 bits per heavy atom. The lowest BCUT2D eigenvalue weighted by Gasteiger charge is -2.23. The molecule has 1 saturated carbocycles. The van der Waals surface area contributed by atoms with Crippen molar-refractivity contribution in [1.82, 2.24) is 4.98 Å². The molecule has 1 fully saturated rings. The minimum atomic E-state index is -0.374. The van der Waals surface area contributed by atoms with Crippen LogP contribution in [-0.4, -0.2) is 30.3 Å². The van der Waals surface area contributed by atoms with E-state index in [-0.39, 0.29) is 12.1 Å². The van der Waals surface area contributed by atoms with Gasteiger partial charge < -0.3 is 14.2 Å². The highest BCUT2D eigenvalue weighted by Crippen LogP contribution is 2.30. The van der Waals surface area contributed by atoms with Crippen LogP contribution in [-0.2, 0) is 17.6 Å². The zero-order valence-corrected chi connectivity index (χ0v) is 18.3. The number of carbonyl (C=O) groups is 1. The molecule has 5 heteroatoms.